The van der Waals surface area contributed by atoms with Crippen molar-refractivity contribution >= 4 is 0 Å². The first-order chi connectivity index (χ1) is 6.72. The molecule has 0 aliphatic carbocycles. The van der Waals surface area contributed by atoms with Crippen LogP contribution < -0.4 is 0 Å². The maximum absolute atomic E-state index is 2.45. The Morgan fingerprint density at radius 1 is 1.29 bits per heavy atom. The van der Waals surface area contributed by atoms with Crippen molar-refractivity contribution in [2.75, 3.05) is 40.3 Å². The quantitative estimate of drug-likeness (QED) is 0.667. The lowest BCUT2D eigenvalue weighted by molar-refractivity contribution is 0.205. The molecule has 1 fully saturated rings. The van der Waals surface area contributed by atoms with E-state index in [1.807, 2.05) is 0 Å². The van der Waals surface area contributed by atoms with E-state index in [-0.39, 0.29) is 0 Å². The molecule has 0 radical (unpaired) electrons. The topological polar surface area (TPSA) is 6.48 Å². The molecule has 1 aliphatic heterocycles. The molecule has 1 saturated heterocycles. The van der Waals surface area contributed by atoms with Gasteiger partial charge in [-0.15, -0.1) is 0 Å². The van der Waals surface area contributed by atoms with Crippen molar-refractivity contribution in [2.45, 2.75) is 32.6 Å². The molecule has 14 heavy (non-hydrogen) atoms. The van der Waals surface area contributed by atoms with Gasteiger partial charge in [0.15, 0.2) is 0 Å². The van der Waals surface area contributed by atoms with Crippen molar-refractivity contribution in [1.29, 1.82) is 0 Å². The van der Waals surface area contributed by atoms with Gasteiger partial charge in [0.2, 0.25) is 0 Å². The van der Waals surface area contributed by atoms with E-state index in [1.54, 1.807) is 0 Å². The lowest BCUT2D eigenvalue weighted by Gasteiger charge is -2.29. The van der Waals surface area contributed by atoms with E-state index >= 15 is 0 Å². The molecule has 2 heteroatoms. The van der Waals surface area contributed by atoms with Crippen LogP contribution in [0, 0.1) is 5.92 Å². The smallest absolute Gasteiger partial charge is 0.00191 e. The zero-order valence-electron chi connectivity index (χ0n) is 10.1. The van der Waals surface area contributed by atoms with Crippen LogP contribution in [0.3, 0.4) is 0 Å². The van der Waals surface area contributed by atoms with E-state index in [4.69, 9.17) is 0 Å². The number of likely N-dealkylation sites (tertiary alicyclic amines) is 1. The summed E-state index contributed by atoms with van der Waals surface area (Å²) in [4.78, 5) is 4.86. The highest BCUT2D eigenvalue weighted by molar-refractivity contribution is 4.70. The minimum Gasteiger partial charge on any atom is -0.307 e. The Hall–Kier alpha value is -0.0800. The summed E-state index contributed by atoms with van der Waals surface area (Å²) in [6, 6.07) is 0. The molecule has 2 nitrogen and oxygen atoms in total. The van der Waals surface area contributed by atoms with Crippen LogP contribution in [-0.2, 0) is 0 Å². The summed E-state index contributed by atoms with van der Waals surface area (Å²) in [6.07, 6.45) is 5.68. The molecule has 0 unspecified atom stereocenters. The van der Waals surface area contributed by atoms with Gasteiger partial charge in [-0.2, -0.15) is 0 Å². The number of rotatable bonds is 5. The second-order valence-corrected chi connectivity index (χ2v) is 4.78. The molecule has 0 amide bonds. The van der Waals surface area contributed by atoms with Gasteiger partial charge < -0.3 is 9.80 Å². The van der Waals surface area contributed by atoms with Gasteiger partial charge in [-0.05, 0) is 71.9 Å². The summed E-state index contributed by atoms with van der Waals surface area (Å²) < 4.78 is 0. The molecule has 1 aliphatic rings. The van der Waals surface area contributed by atoms with E-state index in [1.165, 1.54) is 51.9 Å². The summed E-state index contributed by atoms with van der Waals surface area (Å²) in [5.41, 5.74) is 0. The van der Waals surface area contributed by atoms with E-state index in [9.17, 15) is 0 Å². The second-order valence-electron chi connectivity index (χ2n) is 4.78. The summed E-state index contributed by atoms with van der Waals surface area (Å²) >= 11 is 0. The zero-order valence-corrected chi connectivity index (χ0v) is 10.1. The largest absolute Gasteiger partial charge is 0.307 e. The van der Waals surface area contributed by atoms with Crippen LogP contribution in [0.15, 0.2) is 0 Å². The maximum Gasteiger partial charge on any atom is -0.00191 e. The fourth-order valence-corrected chi connectivity index (χ4v) is 2.16. The van der Waals surface area contributed by atoms with Crippen molar-refractivity contribution in [3.8, 4) is 0 Å². The molecular formula is C12H26N2. The number of hydrogen-bond acceptors (Lipinski definition) is 2. The van der Waals surface area contributed by atoms with Gasteiger partial charge >= 0.3 is 0 Å². The minimum absolute atomic E-state index is 1.01. The lowest BCUT2D eigenvalue weighted by atomic mass is 9.92. The first-order valence-corrected chi connectivity index (χ1v) is 6.09. The predicted molar refractivity (Wildman–Crippen MR) is 62.6 cm³/mol. The average molecular weight is 198 g/mol. The van der Waals surface area contributed by atoms with Crippen molar-refractivity contribution in [1.82, 2.24) is 9.80 Å². The first-order valence-electron chi connectivity index (χ1n) is 6.09. The summed E-state index contributed by atoms with van der Waals surface area (Å²) in [7, 11) is 4.45. The average Bonchev–Trinajstić information content (AvgIpc) is 2.21. The molecule has 0 N–H and O–H groups in total. The van der Waals surface area contributed by atoms with Gasteiger partial charge in [-0.1, -0.05) is 6.92 Å². The lowest BCUT2D eigenvalue weighted by Crippen LogP contribution is -2.30. The van der Waals surface area contributed by atoms with E-state index in [0.717, 1.165) is 5.92 Å². The SMILES string of the molecule is CCN(C)CCCC1CCN(C)CC1. The fraction of sp³-hybridized carbons (Fsp3) is 1.00. The third-order valence-electron chi connectivity index (χ3n) is 3.53. The fourth-order valence-electron chi connectivity index (χ4n) is 2.16. The van der Waals surface area contributed by atoms with Gasteiger partial charge in [-0.25, -0.2) is 0 Å². The highest BCUT2D eigenvalue weighted by atomic mass is 15.1. The van der Waals surface area contributed by atoms with Gasteiger partial charge in [0, 0.05) is 0 Å². The van der Waals surface area contributed by atoms with E-state index < -0.39 is 0 Å². The highest BCUT2D eigenvalue weighted by Crippen LogP contribution is 2.20. The second kappa shape index (κ2) is 6.41. The Morgan fingerprint density at radius 3 is 2.50 bits per heavy atom. The van der Waals surface area contributed by atoms with Crippen molar-refractivity contribution < 1.29 is 0 Å². The number of nitrogens with zero attached hydrogens (tertiary/aromatic N) is 2. The first kappa shape index (κ1) is 12.0. The van der Waals surface area contributed by atoms with Crippen LogP contribution in [0.1, 0.15) is 32.6 Å². The molecule has 0 saturated carbocycles. The Balaban J connectivity index is 2.02. The Bertz CT molecular complexity index is 139. The van der Waals surface area contributed by atoms with Crippen LogP contribution in [-0.4, -0.2) is 50.1 Å². The summed E-state index contributed by atoms with van der Waals surface area (Å²) in [5, 5.41) is 0. The van der Waals surface area contributed by atoms with Gasteiger partial charge in [-0.3, -0.25) is 0 Å². The van der Waals surface area contributed by atoms with Crippen LogP contribution in [0.5, 0.6) is 0 Å². The van der Waals surface area contributed by atoms with Crippen LogP contribution >= 0.6 is 0 Å². The molecule has 0 bridgehead atoms. The molecule has 84 valence electrons. The molecule has 1 rings (SSSR count). The molecule has 0 aromatic heterocycles. The zero-order chi connectivity index (χ0) is 10.4. The molecule has 0 atom stereocenters. The van der Waals surface area contributed by atoms with Crippen LogP contribution in [0.2, 0.25) is 0 Å². The number of hydrogen-bond donors (Lipinski definition) is 0. The summed E-state index contributed by atoms with van der Waals surface area (Å²) in [5.74, 6) is 1.01. The minimum atomic E-state index is 1.01. The standard InChI is InChI=1S/C12H26N2/c1-4-13(2)9-5-6-12-7-10-14(3)11-8-12/h12H,4-11H2,1-3H3. The Morgan fingerprint density at radius 2 is 1.93 bits per heavy atom. The van der Waals surface area contributed by atoms with Gasteiger partial charge in [0.25, 0.3) is 0 Å². The van der Waals surface area contributed by atoms with Crippen molar-refractivity contribution in [2.24, 2.45) is 5.92 Å². The van der Waals surface area contributed by atoms with Gasteiger partial charge in [0.1, 0.15) is 0 Å². The molecule has 0 aromatic carbocycles. The Labute approximate surface area is 89.3 Å². The highest BCUT2D eigenvalue weighted by Gasteiger charge is 2.15. The molecule has 0 spiro atoms. The maximum atomic E-state index is 2.45. The molecule has 1 heterocycles. The van der Waals surface area contributed by atoms with E-state index in [2.05, 4.69) is 30.8 Å². The third kappa shape index (κ3) is 4.43. The Kier molecular flexibility index (Phi) is 5.49. The van der Waals surface area contributed by atoms with E-state index in [0.29, 0.717) is 0 Å². The molecule has 0 aromatic rings. The predicted octanol–water partition coefficient (Wildman–Crippen LogP) is 2.06. The third-order valence-corrected chi connectivity index (χ3v) is 3.53. The van der Waals surface area contributed by atoms with Crippen LogP contribution in [0.25, 0.3) is 0 Å². The van der Waals surface area contributed by atoms with Crippen LogP contribution in [0.4, 0.5) is 0 Å². The molecular weight excluding hydrogens is 172 g/mol. The number of piperidine rings is 1. The van der Waals surface area contributed by atoms with Crippen molar-refractivity contribution in [3.05, 3.63) is 0 Å². The summed E-state index contributed by atoms with van der Waals surface area (Å²) in [6.45, 7) is 7.33. The monoisotopic (exact) mass is 198 g/mol. The van der Waals surface area contributed by atoms with Crippen molar-refractivity contribution in [3.63, 3.8) is 0 Å². The van der Waals surface area contributed by atoms with Gasteiger partial charge in [0.05, 0.1) is 0 Å². The normalized spacial score (nSPS) is 20.6.